The van der Waals surface area contributed by atoms with Crippen molar-refractivity contribution in [2.75, 3.05) is 13.7 Å². The van der Waals surface area contributed by atoms with Crippen LogP contribution in [0.5, 0.6) is 11.5 Å². The Bertz CT molecular complexity index is 1160. The van der Waals surface area contributed by atoms with E-state index in [4.69, 9.17) is 9.47 Å². The average molecular weight is 450 g/mol. The van der Waals surface area contributed by atoms with Gasteiger partial charge in [0.2, 0.25) is 0 Å². The topological polar surface area (TPSA) is 67.8 Å². The summed E-state index contributed by atoms with van der Waals surface area (Å²) in [4.78, 5) is 11.7. The molecule has 6 heteroatoms. The van der Waals surface area contributed by atoms with Gasteiger partial charge in [0, 0.05) is 24.1 Å². The minimum Gasteiger partial charge on any atom is -0.494 e. The summed E-state index contributed by atoms with van der Waals surface area (Å²) < 4.78 is 25.1. The summed E-state index contributed by atoms with van der Waals surface area (Å²) in [5.41, 5.74) is 4.02. The summed E-state index contributed by atoms with van der Waals surface area (Å²) in [6.45, 7) is 4.41. The van der Waals surface area contributed by atoms with Crippen LogP contribution < -0.4 is 14.8 Å². The maximum Gasteiger partial charge on any atom is 0.335 e. The first-order valence-corrected chi connectivity index (χ1v) is 11.0. The van der Waals surface area contributed by atoms with Gasteiger partial charge in [-0.1, -0.05) is 36.4 Å². The third-order valence-electron chi connectivity index (χ3n) is 6.31. The Kier molecular flexibility index (Phi) is 6.65. The van der Waals surface area contributed by atoms with Crippen LogP contribution in [0.2, 0.25) is 0 Å². The number of carboxylic acid groups (broad SMARTS) is 1. The average Bonchev–Trinajstić information content (AvgIpc) is 2.82. The molecule has 0 bridgehead atoms. The molecular formula is C27H28FNO4. The van der Waals surface area contributed by atoms with E-state index in [2.05, 4.69) is 5.32 Å². The fraction of sp³-hybridized carbons (Fsp3) is 0.296. The zero-order valence-electron chi connectivity index (χ0n) is 19.0. The van der Waals surface area contributed by atoms with Gasteiger partial charge >= 0.3 is 5.97 Å². The highest BCUT2D eigenvalue weighted by atomic mass is 19.1. The number of hydrogen-bond acceptors (Lipinski definition) is 4. The molecule has 0 saturated carbocycles. The van der Waals surface area contributed by atoms with E-state index in [1.54, 1.807) is 18.2 Å². The molecule has 172 valence electrons. The minimum absolute atomic E-state index is 0.0293. The Morgan fingerprint density at radius 3 is 2.76 bits per heavy atom. The lowest BCUT2D eigenvalue weighted by Crippen LogP contribution is -2.37. The zero-order chi connectivity index (χ0) is 23.5. The molecule has 3 atom stereocenters. The van der Waals surface area contributed by atoms with Gasteiger partial charge in [-0.25, -0.2) is 9.18 Å². The summed E-state index contributed by atoms with van der Waals surface area (Å²) in [5, 5.41) is 13.1. The number of para-hydroxylation sites is 1. The molecular weight excluding hydrogens is 421 g/mol. The van der Waals surface area contributed by atoms with Gasteiger partial charge in [0.15, 0.2) is 11.6 Å². The Labute approximate surface area is 193 Å². The third-order valence-corrected chi connectivity index (χ3v) is 6.31. The predicted molar refractivity (Wildman–Crippen MR) is 125 cm³/mol. The third kappa shape index (κ3) is 4.86. The van der Waals surface area contributed by atoms with Crippen molar-refractivity contribution in [3.8, 4) is 11.5 Å². The molecule has 0 saturated heterocycles. The summed E-state index contributed by atoms with van der Waals surface area (Å²) in [6.07, 6.45) is 0.607. The second kappa shape index (κ2) is 9.63. The van der Waals surface area contributed by atoms with E-state index < -0.39 is 5.97 Å². The summed E-state index contributed by atoms with van der Waals surface area (Å²) in [6, 6.07) is 18.4. The van der Waals surface area contributed by atoms with Gasteiger partial charge in [-0.15, -0.1) is 0 Å². The summed E-state index contributed by atoms with van der Waals surface area (Å²) in [7, 11) is 1.45. The molecule has 0 aliphatic carbocycles. The van der Waals surface area contributed by atoms with Crippen LogP contribution in [0.3, 0.4) is 0 Å². The molecule has 1 aliphatic heterocycles. The van der Waals surface area contributed by atoms with Gasteiger partial charge in [-0.05, 0) is 61.2 Å². The zero-order valence-corrected chi connectivity index (χ0v) is 19.0. The van der Waals surface area contributed by atoms with E-state index in [-0.39, 0.29) is 29.6 Å². The number of halogens is 1. The Morgan fingerprint density at radius 2 is 2.00 bits per heavy atom. The normalized spacial score (nSPS) is 18.2. The van der Waals surface area contributed by atoms with E-state index in [0.29, 0.717) is 18.5 Å². The van der Waals surface area contributed by atoms with Gasteiger partial charge < -0.3 is 19.9 Å². The number of carboxylic acids is 1. The van der Waals surface area contributed by atoms with E-state index in [9.17, 15) is 14.3 Å². The number of fused-ring (bicyclic) bond motifs is 1. The van der Waals surface area contributed by atoms with Crippen molar-refractivity contribution in [3.63, 3.8) is 0 Å². The summed E-state index contributed by atoms with van der Waals surface area (Å²) >= 11 is 0. The molecule has 2 N–H and O–H groups in total. The van der Waals surface area contributed by atoms with Crippen molar-refractivity contribution < 1.29 is 23.8 Å². The van der Waals surface area contributed by atoms with Crippen LogP contribution in [0.4, 0.5) is 4.39 Å². The quantitative estimate of drug-likeness (QED) is 0.500. The highest BCUT2D eigenvalue weighted by Gasteiger charge is 2.30. The number of aromatic carboxylic acids is 1. The molecule has 4 rings (SSSR count). The van der Waals surface area contributed by atoms with Gasteiger partial charge in [-0.3, -0.25) is 0 Å². The van der Waals surface area contributed by atoms with Gasteiger partial charge in [-0.2, -0.15) is 0 Å². The molecule has 0 amide bonds. The minimum atomic E-state index is -0.920. The number of methoxy groups -OCH3 is 1. The Hall–Kier alpha value is -3.38. The van der Waals surface area contributed by atoms with E-state index in [0.717, 1.165) is 28.0 Å². The lowest BCUT2D eigenvalue weighted by Gasteiger charge is -2.33. The molecule has 0 radical (unpaired) electrons. The number of benzene rings is 3. The molecule has 33 heavy (non-hydrogen) atoms. The van der Waals surface area contributed by atoms with Crippen LogP contribution in [0.1, 0.15) is 57.9 Å². The number of aryl methyl sites for hydroxylation is 1. The van der Waals surface area contributed by atoms with Crippen molar-refractivity contribution in [3.05, 3.63) is 94.3 Å². The van der Waals surface area contributed by atoms with E-state index >= 15 is 0 Å². The van der Waals surface area contributed by atoms with Crippen molar-refractivity contribution >= 4 is 5.97 Å². The van der Waals surface area contributed by atoms with Crippen molar-refractivity contribution in [1.29, 1.82) is 0 Å². The molecule has 3 aromatic carbocycles. The molecule has 0 unspecified atom stereocenters. The lowest BCUT2D eigenvalue weighted by molar-refractivity contribution is 0.0696. The molecule has 0 fully saturated rings. The molecule has 0 spiro atoms. The van der Waals surface area contributed by atoms with Crippen LogP contribution >= 0.6 is 0 Å². The fourth-order valence-corrected chi connectivity index (χ4v) is 4.39. The first kappa shape index (κ1) is 22.8. The number of carbonyl (C=O) groups is 1. The predicted octanol–water partition coefficient (Wildman–Crippen LogP) is 5.47. The van der Waals surface area contributed by atoms with Crippen LogP contribution in [-0.2, 0) is 0 Å². The maximum absolute atomic E-state index is 13.8. The maximum atomic E-state index is 13.8. The van der Waals surface area contributed by atoms with Crippen molar-refractivity contribution in [2.24, 2.45) is 0 Å². The molecule has 1 heterocycles. The van der Waals surface area contributed by atoms with Crippen LogP contribution in [0, 0.1) is 12.7 Å². The first-order valence-electron chi connectivity index (χ1n) is 11.0. The van der Waals surface area contributed by atoms with E-state index in [1.807, 2.05) is 50.2 Å². The molecule has 0 aromatic heterocycles. The standard InChI is InChI=1S/C27H28FNO4/c1-16-8-9-19(12-22(16)27(30)31)23-14-20(33-25-7-5-4-6-21(23)25)15-29-17(2)18-10-11-24(28)26(13-18)32-3/h4-13,17,20,23,29H,14-15H2,1-3H3,(H,30,31)/t17-,20-,23+/m1/s1. The summed E-state index contributed by atoms with van der Waals surface area (Å²) in [5.74, 6) is -0.243. The number of hydrogen-bond donors (Lipinski definition) is 2. The largest absolute Gasteiger partial charge is 0.494 e. The van der Waals surface area contributed by atoms with E-state index in [1.165, 1.54) is 13.2 Å². The fourth-order valence-electron chi connectivity index (χ4n) is 4.39. The van der Waals surface area contributed by atoms with Gasteiger partial charge in [0.1, 0.15) is 11.9 Å². The number of nitrogens with one attached hydrogen (secondary N) is 1. The molecule has 3 aromatic rings. The van der Waals surface area contributed by atoms with Gasteiger partial charge in [0.25, 0.3) is 0 Å². The lowest BCUT2D eigenvalue weighted by atomic mass is 9.83. The first-order chi connectivity index (χ1) is 15.9. The highest BCUT2D eigenvalue weighted by molar-refractivity contribution is 5.89. The van der Waals surface area contributed by atoms with Gasteiger partial charge in [0.05, 0.1) is 12.7 Å². The SMILES string of the molecule is COc1cc([C@@H](C)NC[C@H]2C[C@@H](c3ccc(C)c(C(=O)O)c3)c3ccccc3O2)ccc1F. The van der Waals surface area contributed by atoms with Crippen molar-refractivity contribution in [2.45, 2.75) is 38.3 Å². The van der Waals surface area contributed by atoms with Crippen molar-refractivity contribution in [1.82, 2.24) is 5.32 Å². The smallest absolute Gasteiger partial charge is 0.335 e. The highest BCUT2D eigenvalue weighted by Crippen LogP contribution is 2.40. The van der Waals surface area contributed by atoms with Crippen LogP contribution in [-0.4, -0.2) is 30.8 Å². The van der Waals surface area contributed by atoms with Crippen LogP contribution in [0.15, 0.2) is 60.7 Å². The Morgan fingerprint density at radius 1 is 1.21 bits per heavy atom. The monoisotopic (exact) mass is 449 g/mol. The second-order valence-electron chi connectivity index (χ2n) is 8.47. The van der Waals surface area contributed by atoms with Crippen LogP contribution in [0.25, 0.3) is 0 Å². The number of rotatable bonds is 7. The number of ether oxygens (including phenoxy) is 2. The molecule has 5 nitrogen and oxygen atoms in total. The second-order valence-corrected chi connectivity index (χ2v) is 8.47. The Balaban J connectivity index is 1.54. The molecule has 1 aliphatic rings.